The van der Waals surface area contributed by atoms with E-state index in [0.717, 1.165) is 30.5 Å². The Bertz CT molecular complexity index is 550. The molecular formula is C12H16N2O2S. The third-order valence-corrected chi connectivity index (χ3v) is 5.38. The van der Waals surface area contributed by atoms with Crippen molar-refractivity contribution in [2.75, 3.05) is 22.3 Å². The fraction of sp³-hybridized carbons (Fsp3) is 0.500. The minimum absolute atomic E-state index is 0.302. The second kappa shape index (κ2) is 3.63. The Morgan fingerprint density at radius 1 is 1.35 bits per heavy atom. The van der Waals surface area contributed by atoms with Crippen molar-refractivity contribution in [1.29, 1.82) is 0 Å². The molecule has 5 heteroatoms. The number of rotatable bonds is 3. The van der Waals surface area contributed by atoms with Crippen LogP contribution in [-0.2, 0) is 16.4 Å². The SMILES string of the molecule is Nc1ccc2c(c1)CCN2S(=O)(=O)CC1CC1. The minimum atomic E-state index is -3.13. The molecular weight excluding hydrogens is 236 g/mol. The topological polar surface area (TPSA) is 63.4 Å². The monoisotopic (exact) mass is 252 g/mol. The molecule has 0 atom stereocenters. The minimum Gasteiger partial charge on any atom is -0.399 e. The van der Waals surface area contributed by atoms with Gasteiger partial charge in [-0.05, 0) is 48.9 Å². The van der Waals surface area contributed by atoms with Gasteiger partial charge in [0.25, 0.3) is 0 Å². The zero-order valence-corrected chi connectivity index (χ0v) is 10.4. The molecule has 0 bridgehead atoms. The predicted octanol–water partition coefficient (Wildman–Crippen LogP) is 1.37. The molecule has 0 spiro atoms. The summed E-state index contributed by atoms with van der Waals surface area (Å²) in [7, 11) is -3.13. The molecule has 1 aromatic rings. The summed E-state index contributed by atoms with van der Waals surface area (Å²) in [6.45, 7) is 0.563. The molecule has 0 amide bonds. The lowest BCUT2D eigenvalue weighted by Gasteiger charge is -2.19. The first-order valence-electron chi connectivity index (χ1n) is 5.95. The number of benzene rings is 1. The van der Waals surface area contributed by atoms with E-state index in [2.05, 4.69) is 0 Å². The van der Waals surface area contributed by atoms with Crippen molar-refractivity contribution in [2.45, 2.75) is 19.3 Å². The van der Waals surface area contributed by atoms with E-state index in [1.165, 1.54) is 0 Å². The van der Waals surface area contributed by atoms with Gasteiger partial charge in [-0.15, -0.1) is 0 Å². The van der Waals surface area contributed by atoms with E-state index >= 15 is 0 Å². The average molecular weight is 252 g/mol. The van der Waals surface area contributed by atoms with Gasteiger partial charge >= 0.3 is 0 Å². The van der Waals surface area contributed by atoms with Crippen molar-refractivity contribution in [3.63, 3.8) is 0 Å². The van der Waals surface area contributed by atoms with Crippen LogP contribution in [0, 0.1) is 5.92 Å². The van der Waals surface area contributed by atoms with Gasteiger partial charge in [0.1, 0.15) is 0 Å². The maximum atomic E-state index is 12.2. The van der Waals surface area contributed by atoms with E-state index in [-0.39, 0.29) is 0 Å². The summed E-state index contributed by atoms with van der Waals surface area (Å²) in [6.07, 6.45) is 2.88. The highest BCUT2D eigenvalue weighted by molar-refractivity contribution is 7.92. The van der Waals surface area contributed by atoms with Crippen LogP contribution in [-0.4, -0.2) is 20.7 Å². The molecule has 92 valence electrons. The second-order valence-electron chi connectivity index (χ2n) is 4.93. The van der Waals surface area contributed by atoms with Gasteiger partial charge in [0, 0.05) is 12.2 Å². The van der Waals surface area contributed by atoms with Crippen molar-refractivity contribution >= 4 is 21.4 Å². The lowest BCUT2D eigenvalue weighted by atomic mass is 10.1. The van der Waals surface area contributed by atoms with Crippen LogP contribution < -0.4 is 10.0 Å². The molecule has 0 aromatic heterocycles. The van der Waals surface area contributed by atoms with Crippen molar-refractivity contribution in [3.8, 4) is 0 Å². The van der Waals surface area contributed by atoms with Crippen LogP contribution in [0.5, 0.6) is 0 Å². The molecule has 1 aliphatic heterocycles. The molecule has 0 radical (unpaired) electrons. The van der Waals surface area contributed by atoms with E-state index in [9.17, 15) is 8.42 Å². The Morgan fingerprint density at radius 3 is 2.82 bits per heavy atom. The summed E-state index contributed by atoms with van der Waals surface area (Å²) in [5.41, 5.74) is 8.27. The van der Waals surface area contributed by atoms with Gasteiger partial charge in [0.2, 0.25) is 10.0 Å². The lowest BCUT2D eigenvalue weighted by molar-refractivity contribution is 0.588. The number of nitrogens with two attached hydrogens (primary N) is 1. The van der Waals surface area contributed by atoms with Crippen LogP contribution in [0.1, 0.15) is 18.4 Å². The van der Waals surface area contributed by atoms with Crippen LogP contribution >= 0.6 is 0 Å². The maximum absolute atomic E-state index is 12.2. The van der Waals surface area contributed by atoms with Gasteiger partial charge in [-0.25, -0.2) is 8.42 Å². The zero-order valence-electron chi connectivity index (χ0n) is 9.59. The van der Waals surface area contributed by atoms with Crippen LogP contribution in [0.2, 0.25) is 0 Å². The van der Waals surface area contributed by atoms with Crippen LogP contribution in [0.25, 0.3) is 0 Å². The molecule has 0 saturated heterocycles. The van der Waals surface area contributed by atoms with Gasteiger partial charge in [0.05, 0.1) is 11.4 Å². The average Bonchev–Trinajstić information content (AvgIpc) is 2.95. The number of hydrogen-bond donors (Lipinski definition) is 1. The molecule has 2 aliphatic rings. The summed E-state index contributed by atoms with van der Waals surface area (Å²) >= 11 is 0. The summed E-state index contributed by atoms with van der Waals surface area (Å²) in [5, 5.41) is 0. The zero-order chi connectivity index (χ0) is 12.0. The smallest absolute Gasteiger partial charge is 0.235 e. The molecule has 1 heterocycles. The molecule has 2 N–H and O–H groups in total. The lowest BCUT2D eigenvalue weighted by Crippen LogP contribution is -2.31. The highest BCUT2D eigenvalue weighted by Crippen LogP contribution is 2.36. The molecule has 0 unspecified atom stereocenters. The summed E-state index contributed by atoms with van der Waals surface area (Å²) in [4.78, 5) is 0. The summed E-state index contributed by atoms with van der Waals surface area (Å²) in [5.74, 6) is 0.689. The quantitative estimate of drug-likeness (QED) is 0.826. The summed E-state index contributed by atoms with van der Waals surface area (Å²) in [6, 6.07) is 5.47. The highest BCUT2D eigenvalue weighted by Gasteiger charge is 2.34. The van der Waals surface area contributed by atoms with Crippen LogP contribution in [0.3, 0.4) is 0 Å². The van der Waals surface area contributed by atoms with Gasteiger partial charge in [-0.1, -0.05) is 0 Å². The van der Waals surface area contributed by atoms with E-state index in [1.807, 2.05) is 12.1 Å². The van der Waals surface area contributed by atoms with Gasteiger partial charge in [0.15, 0.2) is 0 Å². The normalized spacial score (nSPS) is 19.4. The highest BCUT2D eigenvalue weighted by atomic mass is 32.2. The molecule has 1 saturated carbocycles. The molecule has 4 nitrogen and oxygen atoms in total. The van der Waals surface area contributed by atoms with Crippen molar-refractivity contribution in [3.05, 3.63) is 23.8 Å². The van der Waals surface area contributed by atoms with Gasteiger partial charge in [-0.2, -0.15) is 0 Å². The maximum Gasteiger partial charge on any atom is 0.235 e. The Kier molecular flexibility index (Phi) is 2.33. The third kappa shape index (κ3) is 1.99. The Morgan fingerprint density at radius 2 is 2.12 bits per heavy atom. The standard InChI is InChI=1S/C12H16N2O2S/c13-11-3-4-12-10(7-11)5-6-14(12)17(15,16)8-9-1-2-9/h3-4,7,9H,1-2,5-6,8,13H2. The Balaban J connectivity index is 1.92. The fourth-order valence-corrected chi connectivity index (χ4v) is 4.31. The first kappa shape index (κ1) is 10.9. The molecule has 1 aliphatic carbocycles. The van der Waals surface area contributed by atoms with Crippen molar-refractivity contribution in [2.24, 2.45) is 5.92 Å². The molecule has 3 rings (SSSR count). The number of nitrogens with zero attached hydrogens (tertiary/aromatic N) is 1. The fourth-order valence-electron chi connectivity index (χ4n) is 2.35. The van der Waals surface area contributed by atoms with E-state index in [4.69, 9.17) is 5.73 Å². The van der Waals surface area contributed by atoms with Crippen molar-refractivity contribution < 1.29 is 8.42 Å². The van der Waals surface area contributed by atoms with E-state index < -0.39 is 10.0 Å². The largest absolute Gasteiger partial charge is 0.399 e. The van der Waals surface area contributed by atoms with Gasteiger partial charge in [-0.3, -0.25) is 4.31 Å². The molecule has 1 fully saturated rings. The van der Waals surface area contributed by atoms with Gasteiger partial charge < -0.3 is 5.73 Å². The van der Waals surface area contributed by atoms with E-state index in [0.29, 0.717) is 23.9 Å². The first-order valence-corrected chi connectivity index (χ1v) is 7.56. The second-order valence-corrected chi connectivity index (χ2v) is 6.87. The third-order valence-electron chi connectivity index (χ3n) is 3.44. The van der Waals surface area contributed by atoms with E-state index in [1.54, 1.807) is 10.4 Å². The number of fused-ring (bicyclic) bond motifs is 1. The van der Waals surface area contributed by atoms with Crippen LogP contribution in [0.15, 0.2) is 18.2 Å². The summed E-state index contributed by atoms with van der Waals surface area (Å²) < 4.78 is 26.0. The molecule has 17 heavy (non-hydrogen) atoms. The predicted molar refractivity (Wildman–Crippen MR) is 68.4 cm³/mol. The number of sulfonamides is 1. The number of hydrogen-bond acceptors (Lipinski definition) is 3. The number of nitrogen functional groups attached to an aromatic ring is 1. The van der Waals surface area contributed by atoms with Crippen LogP contribution in [0.4, 0.5) is 11.4 Å². The Hall–Kier alpha value is -1.23. The number of anilines is 2. The Labute approximate surface area is 101 Å². The first-order chi connectivity index (χ1) is 8.06. The molecule has 1 aromatic carbocycles. The van der Waals surface area contributed by atoms with Crippen molar-refractivity contribution in [1.82, 2.24) is 0 Å².